The zero-order valence-electron chi connectivity index (χ0n) is 9.40. The highest BCUT2D eigenvalue weighted by atomic mass is 32.1. The zero-order chi connectivity index (χ0) is 11.4. The predicted octanol–water partition coefficient (Wildman–Crippen LogP) is 1.26. The summed E-state index contributed by atoms with van der Waals surface area (Å²) in [6, 6.07) is 0.210. The third kappa shape index (κ3) is 2.80. The molecule has 0 aromatic carbocycles. The first-order valence-electron chi connectivity index (χ1n) is 5.67. The minimum atomic E-state index is -0.0562. The second kappa shape index (κ2) is 5.41. The van der Waals surface area contributed by atoms with Crippen LogP contribution in [0.5, 0.6) is 0 Å². The van der Waals surface area contributed by atoms with Crippen LogP contribution in [0.25, 0.3) is 0 Å². The van der Waals surface area contributed by atoms with Gasteiger partial charge in [-0.25, -0.2) is 4.98 Å². The Labute approximate surface area is 99.5 Å². The summed E-state index contributed by atoms with van der Waals surface area (Å²) in [5.74, 6) is 0.482. The molecule has 1 amide bonds. The van der Waals surface area contributed by atoms with Gasteiger partial charge in [0.05, 0.1) is 5.51 Å². The van der Waals surface area contributed by atoms with Crippen LogP contribution < -0.4 is 10.6 Å². The fourth-order valence-corrected chi connectivity index (χ4v) is 2.56. The van der Waals surface area contributed by atoms with Gasteiger partial charge in [-0.2, -0.15) is 0 Å². The van der Waals surface area contributed by atoms with Gasteiger partial charge in [-0.15, -0.1) is 11.3 Å². The molecular formula is C11H17N3OS. The van der Waals surface area contributed by atoms with Gasteiger partial charge in [0.2, 0.25) is 0 Å². The van der Waals surface area contributed by atoms with E-state index in [-0.39, 0.29) is 11.9 Å². The second-order valence-corrected chi connectivity index (χ2v) is 4.96. The van der Waals surface area contributed by atoms with E-state index in [2.05, 4.69) is 22.5 Å². The average Bonchev–Trinajstić information content (AvgIpc) is 2.83. The number of carbonyl (C=O) groups is 1. The number of amides is 1. The molecule has 1 saturated heterocycles. The molecule has 1 aromatic heterocycles. The molecular weight excluding hydrogens is 222 g/mol. The van der Waals surface area contributed by atoms with Gasteiger partial charge in [-0.1, -0.05) is 0 Å². The van der Waals surface area contributed by atoms with Crippen molar-refractivity contribution in [1.29, 1.82) is 0 Å². The Morgan fingerprint density at radius 3 is 3.25 bits per heavy atom. The molecule has 0 saturated carbocycles. The first-order valence-corrected chi connectivity index (χ1v) is 6.61. The van der Waals surface area contributed by atoms with Crippen LogP contribution in [0.15, 0.2) is 10.9 Å². The van der Waals surface area contributed by atoms with Crippen LogP contribution in [0.1, 0.15) is 30.3 Å². The molecule has 2 heterocycles. The summed E-state index contributed by atoms with van der Waals surface area (Å²) in [7, 11) is 0. The molecule has 2 rings (SSSR count). The van der Waals surface area contributed by atoms with E-state index in [0.29, 0.717) is 11.6 Å². The van der Waals surface area contributed by atoms with Gasteiger partial charge in [0.25, 0.3) is 5.91 Å². The predicted molar refractivity (Wildman–Crippen MR) is 64.6 cm³/mol. The van der Waals surface area contributed by atoms with Gasteiger partial charge >= 0.3 is 0 Å². The highest BCUT2D eigenvalue weighted by Crippen LogP contribution is 2.14. The Balaban J connectivity index is 1.86. The molecule has 1 aromatic rings. The Morgan fingerprint density at radius 1 is 1.75 bits per heavy atom. The number of piperidine rings is 1. The zero-order valence-corrected chi connectivity index (χ0v) is 10.2. The molecule has 2 N–H and O–H groups in total. The normalized spacial score (nSPS) is 22.7. The van der Waals surface area contributed by atoms with Crippen molar-refractivity contribution in [1.82, 2.24) is 15.6 Å². The molecule has 1 fully saturated rings. The number of nitrogens with zero attached hydrogens (tertiary/aromatic N) is 1. The maximum atomic E-state index is 11.8. The number of aromatic nitrogens is 1. The van der Waals surface area contributed by atoms with Crippen LogP contribution in [-0.4, -0.2) is 30.0 Å². The summed E-state index contributed by atoms with van der Waals surface area (Å²) in [5.41, 5.74) is 2.21. The molecule has 0 spiro atoms. The van der Waals surface area contributed by atoms with Crippen molar-refractivity contribution in [3.05, 3.63) is 16.6 Å². The van der Waals surface area contributed by atoms with Crippen molar-refractivity contribution >= 4 is 17.2 Å². The van der Waals surface area contributed by atoms with E-state index in [9.17, 15) is 4.79 Å². The number of thiazole rings is 1. The maximum Gasteiger partial charge on any atom is 0.270 e. The monoisotopic (exact) mass is 239 g/mol. The Hall–Kier alpha value is -0.940. The highest BCUT2D eigenvalue weighted by Gasteiger charge is 2.21. The summed E-state index contributed by atoms with van der Waals surface area (Å²) in [4.78, 5) is 15.8. The van der Waals surface area contributed by atoms with Gasteiger partial charge in [-0.3, -0.25) is 4.79 Å². The van der Waals surface area contributed by atoms with Crippen molar-refractivity contribution < 1.29 is 4.79 Å². The third-order valence-corrected chi connectivity index (χ3v) is 3.65. The van der Waals surface area contributed by atoms with Crippen molar-refractivity contribution in [2.45, 2.75) is 25.8 Å². The van der Waals surface area contributed by atoms with Gasteiger partial charge < -0.3 is 10.6 Å². The first-order chi connectivity index (χ1) is 7.77. The quantitative estimate of drug-likeness (QED) is 0.835. The van der Waals surface area contributed by atoms with Crippen molar-refractivity contribution in [3.63, 3.8) is 0 Å². The third-order valence-electron chi connectivity index (χ3n) is 3.07. The van der Waals surface area contributed by atoms with Crippen LogP contribution in [0.3, 0.4) is 0 Å². The van der Waals surface area contributed by atoms with Crippen LogP contribution in [-0.2, 0) is 0 Å². The van der Waals surface area contributed by atoms with Gasteiger partial charge in [0, 0.05) is 11.4 Å². The molecule has 4 nitrogen and oxygen atoms in total. The second-order valence-electron chi connectivity index (χ2n) is 4.24. The molecule has 1 aliphatic heterocycles. The lowest BCUT2D eigenvalue weighted by Crippen LogP contribution is -2.44. The fourth-order valence-electron chi connectivity index (χ4n) is 2.03. The van der Waals surface area contributed by atoms with E-state index >= 15 is 0 Å². The Bertz CT molecular complexity index is 333. The standard InChI is InChI=1S/C11H17N3OS/c1-8(9-3-2-4-12-5-9)14-11(15)10-6-16-7-13-10/h6-9,12H,2-5H2,1H3,(H,14,15). The van der Waals surface area contributed by atoms with E-state index in [1.165, 1.54) is 24.2 Å². The molecule has 0 aliphatic carbocycles. The SMILES string of the molecule is CC(NC(=O)c1cscn1)C1CCCNC1. The molecule has 2 unspecified atom stereocenters. The van der Waals surface area contributed by atoms with E-state index < -0.39 is 0 Å². The molecule has 16 heavy (non-hydrogen) atoms. The number of rotatable bonds is 3. The van der Waals surface area contributed by atoms with Gasteiger partial charge in [0.15, 0.2) is 0 Å². The van der Waals surface area contributed by atoms with Crippen LogP contribution in [0.2, 0.25) is 0 Å². The van der Waals surface area contributed by atoms with Crippen LogP contribution >= 0.6 is 11.3 Å². The van der Waals surface area contributed by atoms with Crippen molar-refractivity contribution in [3.8, 4) is 0 Å². The molecule has 0 bridgehead atoms. The number of hydrogen-bond donors (Lipinski definition) is 2. The lowest BCUT2D eigenvalue weighted by atomic mass is 9.93. The number of carbonyl (C=O) groups excluding carboxylic acids is 1. The summed E-state index contributed by atoms with van der Waals surface area (Å²) in [6.45, 7) is 4.17. The van der Waals surface area contributed by atoms with E-state index in [4.69, 9.17) is 0 Å². The van der Waals surface area contributed by atoms with Gasteiger partial charge in [0.1, 0.15) is 5.69 Å². The first kappa shape index (κ1) is 11.5. The molecule has 88 valence electrons. The van der Waals surface area contributed by atoms with Crippen molar-refractivity contribution in [2.24, 2.45) is 5.92 Å². The summed E-state index contributed by atoms with van der Waals surface area (Å²) < 4.78 is 0. The van der Waals surface area contributed by atoms with E-state index in [0.717, 1.165) is 13.1 Å². The largest absolute Gasteiger partial charge is 0.348 e. The smallest absolute Gasteiger partial charge is 0.270 e. The fraction of sp³-hybridized carbons (Fsp3) is 0.636. The molecule has 1 aliphatic rings. The topological polar surface area (TPSA) is 54.0 Å². The lowest BCUT2D eigenvalue weighted by molar-refractivity contribution is 0.0917. The van der Waals surface area contributed by atoms with E-state index in [1.807, 2.05) is 0 Å². The Morgan fingerprint density at radius 2 is 2.62 bits per heavy atom. The minimum absolute atomic E-state index is 0.0562. The van der Waals surface area contributed by atoms with Gasteiger partial charge in [-0.05, 0) is 38.8 Å². The minimum Gasteiger partial charge on any atom is -0.348 e. The summed E-state index contributed by atoms with van der Waals surface area (Å²) in [6.07, 6.45) is 2.38. The highest BCUT2D eigenvalue weighted by molar-refractivity contribution is 7.07. The number of nitrogens with one attached hydrogen (secondary N) is 2. The Kier molecular flexibility index (Phi) is 3.90. The molecule has 2 atom stereocenters. The van der Waals surface area contributed by atoms with Crippen LogP contribution in [0, 0.1) is 5.92 Å². The molecule has 5 heteroatoms. The van der Waals surface area contributed by atoms with E-state index in [1.54, 1.807) is 10.9 Å². The maximum absolute atomic E-state index is 11.8. The average molecular weight is 239 g/mol. The summed E-state index contributed by atoms with van der Waals surface area (Å²) in [5, 5.41) is 8.16. The van der Waals surface area contributed by atoms with Crippen LogP contribution in [0.4, 0.5) is 0 Å². The number of hydrogen-bond acceptors (Lipinski definition) is 4. The molecule has 0 radical (unpaired) electrons. The van der Waals surface area contributed by atoms with Crippen molar-refractivity contribution in [2.75, 3.05) is 13.1 Å². The summed E-state index contributed by atoms with van der Waals surface area (Å²) >= 11 is 1.45. The lowest BCUT2D eigenvalue weighted by Gasteiger charge is -2.28.